The van der Waals surface area contributed by atoms with Crippen LogP contribution in [0.5, 0.6) is 0 Å². The van der Waals surface area contributed by atoms with Gasteiger partial charge in [-0.15, -0.1) is 12.4 Å². The van der Waals surface area contributed by atoms with E-state index in [2.05, 4.69) is 18.7 Å². The number of likely N-dealkylation sites (tertiary alicyclic amines) is 1. The molecule has 1 aliphatic heterocycles. The van der Waals surface area contributed by atoms with Crippen molar-refractivity contribution in [2.75, 3.05) is 13.1 Å². The topological polar surface area (TPSA) is 46.3 Å². The van der Waals surface area contributed by atoms with Crippen molar-refractivity contribution in [2.24, 2.45) is 28.9 Å². The first-order chi connectivity index (χ1) is 9.04. The fourth-order valence-electron chi connectivity index (χ4n) is 4.71. The van der Waals surface area contributed by atoms with E-state index in [1.807, 2.05) is 0 Å². The number of nitrogens with two attached hydrogens (primary N) is 1. The lowest BCUT2D eigenvalue weighted by Crippen LogP contribution is -2.51. The Balaban J connectivity index is 0.00000147. The molecule has 1 heterocycles. The highest BCUT2D eigenvalue weighted by atomic mass is 35.5. The summed E-state index contributed by atoms with van der Waals surface area (Å²) in [6.07, 6.45) is 7.27. The maximum atomic E-state index is 12.9. The molecule has 3 rings (SSSR count). The minimum Gasteiger partial charge on any atom is -0.342 e. The third-order valence-corrected chi connectivity index (χ3v) is 6.21. The van der Waals surface area contributed by atoms with Crippen LogP contribution in [0.2, 0.25) is 0 Å². The highest BCUT2D eigenvalue weighted by Gasteiger charge is 2.50. The fraction of sp³-hybridized carbons (Fsp3) is 0.938. The predicted octanol–water partition coefficient (Wildman–Crippen LogP) is 2.82. The Labute approximate surface area is 129 Å². The molecule has 20 heavy (non-hydrogen) atoms. The average Bonchev–Trinajstić information content (AvgIpc) is 2.99. The number of rotatable bonds is 2. The van der Waals surface area contributed by atoms with Crippen molar-refractivity contribution in [1.82, 2.24) is 4.90 Å². The van der Waals surface area contributed by atoms with Crippen LogP contribution in [0.4, 0.5) is 0 Å². The number of halogens is 1. The molecule has 2 saturated carbocycles. The van der Waals surface area contributed by atoms with Gasteiger partial charge in [-0.25, -0.2) is 0 Å². The molecule has 2 aliphatic carbocycles. The number of nitrogens with zero attached hydrogens (tertiary/aromatic N) is 1. The van der Waals surface area contributed by atoms with E-state index >= 15 is 0 Å². The summed E-state index contributed by atoms with van der Waals surface area (Å²) in [5.74, 6) is 1.72. The minimum absolute atomic E-state index is 0. The number of fused-ring (bicyclic) bond motifs is 2. The van der Waals surface area contributed by atoms with Gasteiger partial charge in [-0.1, -0.05) is 13.8 Å². The molecule has 5 unspecified atom stereocenters. The largest absolute Gasteiger partial charge is 0.342 e. The Morgan fingerprint density at radius 3 is 2.65 bits per heavy atom. The summed E-state index contributed by atoms with van der Waals surface area (Å²) in [7, 11) is 0. The van der Waals surface area contributed by atoms with Crippen LogP contribution < -0.4 is 5.73 Å². The van der Waals surface area contributed by atoms with Gasteiger partial charge >= 0.3 is 0 Å². The lowest BCUT2D eigenvalue weighted by atomic mass is 9.78. The zero-order valence-corrected chi connectivity index (χ0v) is 13.6. The zero-order chi connectivity index (χ0) is 13.6. The number of hydrogen-bond donors (Lipinski definition) is 1. The molecule has 0 aromatic carbocycles. The molecule has 3 nitrogen and oxygen atoms in total. The summed E-state index contributed by atoms with van der Waals surface area (Å²) in [6, 6.07) is 0.140. The second-order valence-corrected chi connectivity index (χ2v) is 7.46. The molecule has 3 aliphatic rings. The molecule has 0 aromatic heterocycles. The van der Waals surface area contributed by atoms with E-state index in [0.717, 1.165) is 19.5 Å². The zero-order valence-electron chi connectivity index (χ0n) is 12.8. The van der Waals surface area contributed by atoms with Crippen molar-refractivity contribution in [2.45, 2.75) is 58.4 Å². The van der Waals surface area contributed by atoms with Crippen molar-refractivity contribution < 1.29 is 4.79 Å². The van der Waals surface area contributed by atoms with E-state index in [1.54, 1.807) is 0 Å². The summed E-state index contributed by atoms with van der Waals surface area (Å²) in [5.41, 5.74) is 6.65. The van der Waals surface area contributed by atoms with Crippen molar-refractivity contribution >= 4 is 18.3 Å². The molecule has 1 saturated heterocycles. The van der Waals surface area contributed by atoms with E-state index < -0.39 is 0 Å². The van der Waals surface area contributed by atoms with Gasteiger partial charge in [-0.05, 0) is 55.8 Å². The van der Waals surface area contributed by atoms with Gasteiger partial charge in [-0.2, -0.15) is 0 Å². The van der Waals surface area contributed by atoms with Gasteiger partial charge in [0.15, 0.2) is 0 Å². The molecule has 0 spiro atoms. The molecule has 5 atom stereocenters. The van der Waals surface area contributed by atoms with E-state index in [9.17, 15) is 4.79 Å². The Bertz CT molecular complexity index is 373. The molecule has 3 fully saturated rings. The number of piperidine rings is 1. The third kappa shape index (κ3) is 2.59. The van der Waals surface area contributed by atoms with Crippen LogP contribution >= 0.6 is 12.4 Å². The minimum atomic E-state index is 0. The Morgan fingerprint density at radius 1 is 1.35 bits per heavy atom. The summed E-state index contributed by atoms with van der Waals surface area (Å²) in [5, 5.41) is 0. The highest BCUT2D eigenvalue weighted by molar-refractivity contribution is 5.85. The maximum absolute atomic E-state index is 12.9. The van der Waals surface area contributed by atoms with Gasteiger partial charge in [-0.3, -0.25) is 4.79 Å². The Morgan fingerprint density at radius 2 is 2.05 bits per heavy atom. The van der Waals surface area contributed by atoms with E-state index in [0.29, 0.717) is 23.2 Å². The summed E-state index contributed by atoms with van der Waals surface area (Å²) in [4.78, 5) is 15.0. The predicted molar refractivity (Wildman–Crippen MR) is 83.8 cm³/mol. The quantitative estimate of drug-likeness (QED) is 0.852. The molecule has 2 N–H and O–H groups in total. The molecule has 1 amide bonds. The van der Waals surface area contributed by atoms with Gasteiger partial charge in [0.2, 0.25) is 5.91 Å². The molecule has 2 bridgehead atoms. The maximum Gasteiger partial charge on any atom is 0.227 e. The third-order valence-electron chi connectivity index (χ3n) is 6.21. The summed E-state index contributed by atoms with van der Waals surface area (Å²) >= 11 is 0. The number of carbonyl (C=O) groups excluding carboxylic acids is 1. The lowest BCUT2D eigenvalue weighted by Gasteiger charge is -2.42. The first-order valence-electron chi connectivity index (χ1n) is 8.08. The van der Waals surface area contributed by atoms with Gasteiger partial charge in [0.05, 0.1) is 5.92 Å². The number of hydrogen-bond acceptors (Lipinski definition) is 2. The molecular weight excluding hydrogens is 272 g/mol. The first-order valence-corrected chi connectivity index (χ1v) is 8.08. The van der Waals surface area contributed by atoms with Crippen LogP contribution in [0.15, 0.2) is 0 Å². The smallest absolute Gasteiger partial charge is 0.227 e. The van der Waals surface area contributed by atoms with Crippen molar-refractivity contribution in [3.05, 3.63) is 0 Å². The monoisotopic (exact) mass is 300 g/mol. The average molecular weight is 301 g/mol. The van der Waals surface area contributed by atoms with Crippen molar-refractivity contribution in [3.8, 4) is 0 Å². The highest BCUT2D eigenvalue weighted by Crippen LogP contribution is 2.48. The van der Waals surface area contributed by atoms with Gasteiger partial charge in [0, 0.05) is 19.1 Å². The second kappa shape index (κ2) is 5.84. The Hall–Kier alpha value is -0.280. The van der Waals surface area contributed by atoms with E-state index in [1.165, 1.54) is 32.1 Å². The standard InChI is InChI=1S/C16H28N2O.ClH/c1-3-16(2)7-4-8-18(10-16)15(19)13-11-5-6-12(9-11)14(13)17;/h11-14H,3-10,17H2,1-2H3;1H. The molecular formula is C16H29ClN2O. The van der Waals surface area contributed by atoms with E-state index in [4.69, 9.17) is 5.73 Å². The van der Waals surface area contributed by atoms with Crippen LogP contribution in [-0.2, 0) is 4.79 Å². The number of carbonyl (C=O) groups is 1. The molecule has 0 radical (unpaired) electrons. The summed E-state index contributed by atoms with van der Waals surface area (Å²) < 4.78 is 0. The molecule has 116 valence electrons. The van der Waals surface area contributed by atoms with E-state index in [-0.39, 0.29) is 24.4 Å². The van der Waals surface area contributed by atoms with Crippen LogP contribution in [0, 0.1) is 23.2 Å². The van der Waals surface area contributed by atoms with Crippen LogP contribution in [0.25, 0.3) is 0 Å². The molecule has 4 heteroatoms. The lowest BCUT2D eigenvalue weighted by molar-refractivity contribution is -0.141. The van der Waals surface area contributed by atoms with Gasteiger partial charge in [0.1, 0.15) is 0 Å². The normalized spacial score (nSPS) is 43.5. The van der Waals surface area contributed by atoms with Crippen molar-refractivity contribution in [1.29, 1.82) is 0 Å². The van der Waals surface area contributed by atoms with Crippen LogP contribution in [-0.4, -0.2) is 29.9 Å². The van der Waals surface area contributed by atoms with Crippen LogP contribution in [0.3, 0.4) is 0 Å². The van der Waals surface area contributed by atoms with Crippen molar-refractivity contribution in [3.63, 3.8) is 0 Å². The molecule has 0 aromatic rings. The first kappa shape index (κ1) is 16.1. The number of amides is 1. The fourth-order valence-corrected chi connectivity index (χ4v) is 4.71. The Kier molecular flexibility index (Phi) is 4.70. The second-order valence-electron chi connectivity index (χ2n) is 7.46. The van der Waals surface area contributed by atoms with Gasteiger partial charge in [0.25, 0.3) is 0 Å². The summed E-state index contributed by atoms with van der Waals surface area (Å²) in [6.45, 7) is 6.47. The SMILES string of the molecule is CCC1(C)CCCN(C(=O)C2C3CCC(C3)C2N)C1.Cl. The van der Waals surface area contributed by atoms with Crippen LogP contribution in [0.1, 0.15) is 52.4 Å². The van der Waals surface area contributed by atoms with Gasteiger partial charge < -0.3 is 10.6 Å².